The standard InChI is InChI=1S/C20H22N2O2S2/c1-13-6-3-4-7-14(13)12-25-20-21-18-17(15-8-5-9-16(15)26-18)19(23)22(20)10-11-24-2/h3-4,6-7H,5,8-12H2,1-2H3. The van der Waals surface area contributed by atoms with Gasteiger partial charge in [0, 0.05) is 17.7 Å². The lowest BCUT2D eigenvalue weighted by Gasteiger charge is -2.12. The Bertz CT molecular complexity index is 1010. The quantitative estimate of drug-likeness (QED) is 0.471. The van der Waals surface area contributed by atoms with Crippen molar-refractivity contribution in [3.05, 3.63) is 56.2 Å². The average molecular weight is 387 g/mol. The summed E-state index contributed by atoms with van der Waals surface area (Å²) in [5.74, 6) is 0.808. The summed E-state index contributed by atoms with van der Waals surface area (Å²) in [6.45, 7) is 3.17. The molecule has 6 heteroatoms. The van der Waals surface area contributed by atoms with Crippen molar-refractivity contribution in [2.24, 2.45) is 0 Å². The molecule has 1 aliphatic rings. The van der Waals surface area contributed by atoms with Crippen LogP contribution in [0.1, 0.15) is 28.0 Å². The lowest BCUT2D eigenvalue weighted by Crippen LogP contribution is -2.25. The summed E-state index contributed by atoms with van der Waals surface area (Å²) in [6, 6.07) is 8.36. The summed E-state index contributed by atoms with van der Waals surface area (Å²) in [5.41, 5.74) is 3.88. The molecule has 0 spiro atoms. The highest BCUT2D eigenvalue weighted by Gasteiger charge is 2.23. The Morgan fingerprint density at radius 3 is 2.96 bits per heavy atom. The number of aryl methyl sites for hydroxylation is 3. The minimum atomic E-state index is 0.0960. The highest BCUT2D eigenvalue weighted by Crippen LogP contribution is 2.36. The van der Waals surface area contributed by atoms with Crippen molar-refractivity contribution in [1.29, 1.82) is 0 Å². The molecule has 0 atom stereocenters. The van der Waals surface area contributed by atoms with Gasteiger partial charge in [-0.2, -0.15) is 0 Å². The van der Waals surface area contributed by atoms with Crippen LogP contribution >= 0.6 is 23.1 Å². The van der Waals surface area contributed by atoms with E-state index in [0.717, 1.165) is 40.4 Å². The van der Waals surface area contributed by atoms with Crippen molar-refractivity contribution < 1.29 is 4.74 Å². The molecule has 0 radical (unpaired) electrons. The van der Waals surface area contributed by atoms with E-state index in [4.69, 9.17) is 9.72 Å². The van der Waals surface area contributed by atoms with Gasteiger partial charge in [0.15, 0.2) is 5.16 Å². The first-order valence-electron chi connectivity index (χ1n) is 8.90. The third-order valence-electron chi connectivity index (χ3n) is 4.93. The fourth-order valence-corrected chi connectivity index (χ4v) is 5.87. The third kappa shape index (κ3) is 3.21. The molecule has 0 N–H and O–H groups in total. The predicted molar refractivity (Wildman–Crippen MR) is 109 cm³/mol. The maximum absolute atomic E-state index is 13.2. The van der Waals surface area contributed by atoms with Crippen LogP contribution in [0.25, 0.3) is 10.2 Å². The second-order valence-corrected chi connectivity index (χ2v) is 8.62. The van der Waals surface area contributed by atoms with Crippen LogP contribution in [0, 0.1) is 6.92 Å². The summed E-state index contributed by atoms with van der Waals surface area (Å²) in [6.07, 6.45) is 3.24. The molecule has 0 amide bonds. The summed E-state index contributed by atoms with van der Waals surface area (Å²) in [7, 11) is 1.67. The number of fused-ring (bicyclic) bond motifs is 3. The molecule has 4 nitrogen and oxygen atoms in total. The molecule has 1 aromatic carbocycles. The van der Waals surface area contributed by atoms with Gasteiger partial charge < -0.3 is 4.74 Å². The molecule has 136 valence electrons. The first-order chi connectivity index (χ1) is 12.7. The van der Waals surface area contributed by atoms with E-state index in [9.17, 15) is 4.79 Å². The molecule has 2 aromatic heterocycles. The molecule has 0 saturated heterocycles. The number of thiophene rings is 1. The molecule has 4 rings (SSSR count). The summed E-state index contributed by atoms with van der Waals surface area (Å²) in [5, 5.41) is 1.64. The predicted octanol–water partition coefficient (Wildman–Crippen LogP) is 4.19. The Labute approximate surface area is 161 Å². The SMILES string of the molecule is COCCn1c(SCc2ccccc2C)nc2sc3c(c2c1=O)CCC3. The molecule has 2 heterocycles. The van der Waals surface area contributed by atoms with Gasteiger partial charge in [0.1, 0.15) is 4.83 Å². The molecule has 0 aliphatic heterocycles. The van der Waals surface area contributed by atoms with Crippen molar-refractivity contribution in [2.45, 2.75) is 43.6 Å². The highest BCUT2D eigenvalue weighted by atomic mass is 32.2. The fourth-order valence-electron chi connectivity index (χ4n) is 3.46. The summed E-state index contributed by atoms with van der Waals surface area (Å²) in [4.78, 5) is 20.4. The van der Waals surface area contributed by atoms with E-state index in [1.807, 2.05) is 0 Å². The van der Waals surface area contributed by atoms with E-state index in [1.54, 1.807) is 34.8 Å². The lowest BCUT2D eigenvalue weighted by atomic mass is 10.1. The number of ether oxygens (including phenoxy) is 1. The second kappa shape index (κ2) is 7.55. The van der Waals surface area contributed by atoms with Crippen LogP contribution in [0.2, 0.25) is 0 Å². The van der Waals surface area contributed by atoms with Gasteiger partial charge in [-0.15, -0.1) is 11.3 Å². The van der Waals surface area contributed by atoms with Crippen LogP contribution < -0.4 is 5.56 Å². The Kier molecular flexibility index (Phi) is 5.16. The number of thioether (sulfide) groups is 1. The van der Waals surface area contributed by atoms with Crippen molar-refractivity contribution in [3.63, 3.8) is 0 Å². The highest BCUT2D eigenvalue weighted by molar-refractivity contribution is 7.98. The van der Waals surface area contributed by atoms with E-state index >= 15 is 0 Å². The molecular weight excluding hydrogens is 364 g/mol. The Balaban J connectivity index is 1.75. The molecule has 1 aliphatic carbocycles. The fraction of sp³-hybridized carbons (Fsp3) is 0.400. The maximum Gasteiger partial charge on any atom is 0.263 e. The van der Waals surface area contributed by atoms with E-state index in [0.29, 0.717) is 13.2 Å². The van der Waals surface area contributed by atoms with Crippen LogP contribution in [0.15, 0.2) is 34.2 Å². The zero-order valence-corrected chi connectivity index (χ0v) is 16.7. The Hall–Kier alpha value is -1.63. The number of rotatable bonds is 6. The molecule has 0 fully saturated rings. The van der Waals surface area contributed by atoms with E-state index in [-0.39, 0.29) is 5.56 Å². The van der Waals surface area contributed by atoms with Crippen LogP contribution in [0.3, 0.4) is 0 Å². The zero-order chi connectivity index (χ0) is 18.1. The first-order valence-corrected chi connectivity index (χ1v) is 10.7. The zero-order valence-electron chi connectivity index (χ0n) is 15.1. The number of methoxy groups -OCH3 is 1. The van der Waals surface area contributed by atoms with Gasteiger partial charge >= 0.3 is 0 Å². The van der Waals surface area contributed by atoms with Gasteiger partial charge in [0.25, 0.3) is 5.56 Å². The van der Waals surface area contributed by atoms with Crippen LogP contribution in [0.5, 0.6) is 0 Å². The minimum Gasteiger partial charge on any atom is -0.383 e. The van der Waals surface area contributed by atoms with Crippen LogP contribution in [0.4, 0.5) is 0 Å². The average Bonchev–Trinajstić information content (AvgIpc) is 3.21. The number of aromatic nitrogens is 2. The van der Waals surface area contributed by atoms with Gasteiger partial charge in [-0.3, -0.25) is 9.36 Å². The van der Waals surface area contributed by atoms with Crippen molar-refractivity contribution >= 4 is 33.3 Å². The minimum absolute atomic E-state index is 0.0960. The van der Waals surface area contributed by atoms with E-state index in [2.05, 4.69) is 31.2 Å². The number of hydrogen-bond donors (Lipinski definition) is 0. The van der Waals surface area contributed by atoms with Gasteiger partial charge in [-0.05, 0) is 42.9 Å². The topological polar surface area (TPSA) is 44.1 Å². The molecular formula is C20H22N2O2S2. The molecule has 26 heavy (non-hydrogen) atoms. The van der Waals surface area contributed by atoms with E-state index in [1.165, 1.54) is 21.6 Å². The van der Waals surface area contributed by atoms with E-state index < -0.39 is 0 Å². The van der Waals surface area contributed by atoms with Gasteiger partial charge in [-0.25, -0.2) is 4.98 Å². The smallest absolute Gasteiger partial charge is 0.263 e. The molecule has 3 aromatic rings. The Morgan fingerprint density at radius 1 is 1.31 bits per heavy atom. The maximum atomic E-state index is 13.2. The van der Waals surface area contributed by atoms with Gasteiger partial charge in [-0.1, -0.05) is 36.0 Å². The molecule has 0 bridgehead atoms. The van der Waals surface area contributed by atoms with Crippen molar-refractivity contribution in [2.75, 3.05) is 13.7 Å². The summed E-state index contributed by atoms with van der Waals surface area (Å²) >= 11 is 3.34. The number of benzene rings is 1. The van der Waals surface area contributed by atoms with Crippen LogP contribution in [-0.4, -0.2) is 23.3 Å². The van der Waals surface area contributed by atoms with Crippen LogP contribution in [-0.2, 0) is 29.9 Å². The Morgan fingerprint density at radius 2 is 2.15 bits per heavy atom. The van der Waals surface area contributed by atoms with Gasteiger partial charge in [0.05, 0.1) is 18.5 Å². The summed E-state index contributed by atoms with van der Waals surface area (Å²) < 4.78 is 7.04. The van der Waals surface area contributed by atoms with Gasteiger partial charge in [0.2, 0.25) is 0 Å². The second-order valence-electron chi connectivity index (χ2n) is 6.60. The molecule has 0 saturated carbocycles. The number of hydrogen-bond acceptors (Lipinski definition) is 5. The number of nitrogens with zero attached hydrogens (tertiary/aromatic N) is 2. The molecule has 0 unspecified atom stereocenters. The largest absolute Gasteiger partial charge is 0.383 e. The normalized spacial score (nSPS) is 13.5. The monoisotopic (exact) mass is 386 g/mol. The van der Waals surface area contributed by atoms with Crippen molar-refractivity contribution in [3.8, 4) is 0 Å². The van der Waals surface area contributed by atoms with Crippen molar-refractivity contribution in [1.82, 2.24) is 9.55 Å². The first kappa shape index (κ1) is 17.8. The lowest BCUT2D eigenvalue weighted by molar-refractivity contribution is 0.183. The third-order valence-corrected chi connectivity index (χ3v) is 7.14.